The average Bonchev–Trinajstić information content (AvgIpc) is 2.53. The van der Waals surface area contributed by atoms with E-state index in [1.807, 2.05) is 43.0 Å². The number of aryl methyl sites for hydroxylation is 3. The van der Waals surface area contributed by atoms with Gasteiger partial charge >= 0.3 is 0 Å². The third-order valence-electron chi connectivity index (χ3n) is 4.27. The van der Waals surface area contributed by atoms with Crippen LogP contribution in [0.5, 0.6) is 5.75 Å². The summed E-state index contributed by atoms with van der Waals surface area (Å²) in [5.41, 5.74) is 4.65. The first-order chi connectivity index (χ1) is 11.0. The number of ether oxygens (including phenoxy) is 1. The molecule has 1 heterocycles. The van der Waals surface area contributed by atoms with Crippen molar-refractivity contribution in [3.63, 3.8) is 0 Å². The second-order valence-electron chi connectivity index (χ2n) is 6.30. The summed E-state index contributed by atoms with van der Waals surface area (Å²) in [5.74, 6) is 0.767. The molecule has 2 aromatic carbocycles. The van der Waals surface area contributed by atoms with Crippen molar-refractivity contribution in [3.8, 4) is 5.75 Å². The van der Waals surface area contributed by atoms with Crippen molar-refractivity contribution in [1.82, 2.24) is 0 Å². The molecule has 0 aliphatic carbocycles. The van der Waals surface area contributed by atoms with Crippen LogP contribution in [0.2, 0.25) is 0 Å². The average molecular weight is 309 g/mol. The minimum Gasteiger partial charge on any atom is -0.481 e. The van der Waals surface area contributed by atoms with E-state index in [1.54, 1.807) is 0 Å². The fraction of sp³-hybridized carbons (Fsp3) is 0.350. The fourth-order valence-electron chi connectivity index (χ4n) is 3.12. The monoisotopic (exact) mass is 309 g/mol. The van der Waals surface area contributed by atoms with E-state index in [-0.39, 0.29) is 5.91 Å². The van der Waals surface area contributed by atoms with Crippen molar-refractivity contribution in [3.05, 3.63) is 59.2 Å². The third kappa shape index (κ3) is 3.39. The highest BCUT2D eigenvalue weighted by atomic mass is 16.5. The molecule has 2 aromatic rings. The van der Waals surface area contributed by atoms with Crippen molar-refractivity contribution in [2.75, 3.05) is 11.4 Å². The zero-order valence-corrected chi connectivity index (χ0v) is 14.0. The number of nitrogens with zero attached hydrogens (tertiary/aromatic N) is 1. The van der Waals surface area contributed by atoms with E-state index in [2.05, 4.69) is 25.1 Å². The van der Waals surface area contributed by atoms with E-state index in [0.29, 0.717) is 0 Å². The molecular weight excluding hydrogens is 286 g/mol. The largest absolute Gasteiger partial charge is 0.481 e. The maximum atomic E-state index is 12.8. The highest BCUT2D eigenvalue weighted by molar-refractivity contribution is 5.97. The van der Waals surface area contributed by atoms with Crippen LogP contribution in [0.3, 0.4) is 0 Å². The highest BCUT2D eigenvalue weighted by Gasteiger charge is 2.27. The first kappa shape index (κ1) is 15.6. The van der Waals surface area contributed by atoms with Crippen LogP contribution in [0.4, 0.5) is 5.69 Å². The number of rotatable bonds is 3. The van der Waals surface area contributed by atoms with Crippen LogP contribution in [0, 0.1) is 13.8 Å². The molecule has 23 heavy (non-hydrogen) atoms. The molecule has 3 rings (SSSR count). The Balaban J connectivity index is 1.78. The lowest BCUT2D eigenvalue weighted by Crippen LogP contribution is -2.43. The number of anilines is 1. The van der Waals surface area contributed by atoms with Crippen molar-refractivity contribution < 1.29 is 9.53 Å². The van der Waals surface area contributed by atoms with Crippen molar-refractivity contribution in [1.29, 1.82) is 0 Å². The Kier molecular flexibility index (Phi) is 4.37. The van der Waals surface area contributed by atoms with E-state index in [0.717, 1.165) is 36.4 Å². The van der Waals surface area contributed by atoms with Crippen molar-refractivity contribution >= 4 is 11.6 Å². The molecule has 1 atom stereocenters. The van der Waals surface area contributed by atoms with Gasteiger partial charge in [-0.05, 0) is 62.9 Å². The zero-order valence-electron chi connectivity index (χ0n) is 14.0. The van der Waals surface area contributed by atoms with E-state index < -0.39 is 6.10 Å². The second-order valence-corrected chi connectivity index (χ2v) is 6.30. The standard InChI is InChI=1S/C20H23NO2/c1-14-6-4-8-18(13-14)23-16(3)20(22)21-11-5-7-17-12-15(2)9-10-19(17)21/h4,6,8-10,12-13,16H,5,7,11H2,1-3H3/t16-/m1/s1. The Morgan fingerprint density at radius 3 is 2.70 bits per heavy atom. The first-order valence-electron chi connectivity index (χ1n) is 8.19. The molecule has 1 aliphatic rings. The maximum Gasteiger partial charge on any atom is 0.267 e. The third-order valence-corrected chi connectivity index (χ3v) is 4.27. The minimum atomic E-state index is -0.496. The SMILES string of the molecule is Cc1cccc(O[C@H](C)C(=O)N2CCCc3cc(C)ccc32)c1. The highest BCUT2D eigenvalue weighted by Crippen LogP contribution is 2.29. The first-order valence-corrected chi connectivity index (χ1v) is 8.19. The summed E-state index contributed by atoms with van der Waals surface area (Å²) in [7, 11) is 0. The van der Waals surface area contributed by atoms with Gasteiger partial charge in [0.15, 0.2) is 6.10 Å². The summed E-state index contributed by atoms with van der Waals surface area (Å²) in [5, 5.41) is 0. The van der Waals surface area contributed by atoms with Gasteiger partial charge in [0.1, 0.15) is 5.75 Å². The van der Waals surface area contributed by atoms with E-state index >= 15 is 0 Å². The lowest BCUT2D eigenvalue weighted by Gasteiger charge is -2.31. The molecule has 0 unspecified atom stereocenters. The molecule has 120 valence electrons. The molecule has 0 saturated heterocycles. The smallest absolute Gasteiger partial charge is 0.267 e. The van der Waals surface area contributed by atoms with Gasteiger partial charge in [-0.2, -0.15) is 0 Å². The summed E-state index contributed by atoms with van der Waals surface area (Å²) < 4.78 is 5.86. The predicted molar refractivity (Wildman–Crippen MR) is 93.1 cm³/mol. The molecule has 0 saturated carbocycles. The van der Waals surface area contributed by atoms with E-state index in [4.69, 9.17) is 4.74 Å². The van der Waals surface area contributed by atoms with Crippen LogP contribution in [-0.4, -0.2) is 18.6 Å². The van der Waals surface area contributed by atoms with E-state index in [1.165, 1.54) is 11.1 Å². The Morgan fingerprint density at radius 2 is 1.91 bits per heavy atom. The fourth-order valence-corrected chi connectivity index (χ4v) is 3.12. The number of carbonyl (C=O) groups is 1. The van der Waals surface area contributed by atoms with Gasteiger partial charge in [-0.3, -0.25) is 4.79 Å². The summed E-state index contributed by atoms with van der Waals surface area (Å²) in [6.07, 6.45) is 1.54. The molecule has 3 heteroatoms. The molecule has 0 spiro atoms. The lowest BCUT2D eigenvalue weighted by atomic mass is 9.99. The van der Waals surface area contributed by atoms with Gasteiger partial charge in [0, 0.05) is 12.2 Å². The van der Waals surface area contributed by atoms with Gasteiger partial charge in [-0.15, -0.1) is 0 Å². The van der Waals surface area contributed by atoms with Gasteiger partial charge in [0.2, 0.25) is 0 Å². The minimum absolute atomic E-state index is 0.0244. The van der Waals surface area contributed by atoms with E-state index in [9.17, 15) is 4.79 Å². The molecular formula is C20H23NO2. The topological polar surface area (TPSA) is 29.5 Å². The number of hydrogen-bond donors (Lipinski definition) is 0. The van der Waals surface area contributed by atoms with Gasteiger partial charge < -0.3 is 9.64 Å². The molecule has 0 aromatic heterocycles. The van der Waals surface area contributed by atoms with Crippen LogP contribution in [-0.2, 0) is 11.2 Å². The Morgan fingerprint density at radius 1 is 1.13 bits per heavy atom. The van der Waals surface area contributed by atoms with Gasteiger partial charge in [0.25, 0.3) is 5.91 Å². The quantitative estimate of drug-likeness (QED) is 0.856. The van der Waals surface area contributed by atoms with Gasteiger partial charge in [-0.1, -0.05) is 29.8 Å². The lowest BCUT2D eigenvalue weighted by molar-refractivity contribution is -0.124. The Labute approximate surface area is 137 Å². The number of fused-ring (bicyclic) bond motifs is 1. The van der Waals surface area contributed by atoms with Crippen LogP contribution in [0.1, 0.15) is 30.0 Å². The number of hydrogen-bond acceptors (Lipinski definition) is 2. The summed E-state index contributed by atoms with van der Waals surface area (Å²) in [4.78, 5) is 14.7. The normalized spacial score (nSPS) is 15.0. The number of carbonyl (C=O) groups excluding carboxylic acids is 1. The predicted octanol–water partition coefficient (Wildman–Crippen LogP) is 4.05. The summed E-state index contributed by atoms with van der Waals surface area (Å²) >= 11 is 0. The molecule has 0 radical (unpaired) electrons. The van der Waals surface area contributed by atoms with Crippen LogP contribution in [0.25, 0.3) is 0 Å². The molecule has 3 nitrogen and oxygen atoms in total. The molecule has 1 aliphatic heterocycles. The van der Waals surface area contributed by atoms with Crippen LogP contribution in [0.15, 0.2) is 42.5 Å². The van der Waals surface area contributed by atoms with Gasteiger partial charge in [0.05, 0.1) is 0 Å². The molecule has 0 fully saturated rings. The summed E-state index contributed by atoms with van der Waals surface area (Å²) in [6, 6.07) is 14.1. The van der Waals surface area contributed by atoms with Crippen molar-refractivity contribution in [2.45, 2.75) is 39.7 Å². The number of benzene rings is 2. The van der Waals surface area contributed by atoms with Gasteiger partial charge in [-0.25, -0.2) is 0 Å². The van der Waals surface area contributed by atoms with Crippen molar-refractivity contribution in [2.24, 2.45) is 0 Å². The molecule has 0 bridgehead atoms. The maximum absolute atomic E-state index is 12.8. The number of amides is 1. The summed E-state index contributed by atoms with van der Waals surface area (Å²) in [6.45, 7) is 6.69. The van der Waals surface area contributed by atoms with Crippen LogP contribution < -0.4 is 9.64 Å². The Bertz CT molecular complexity index is 723. The zero-order chi connectivity index (χ0) is 16.4. The molecule has 1 amide bonds. The molecule has 0 N–H and O–H groups in total. The Hall–Kier alpha value is -2.29. The second kappa shape index (κ2) is 6.45. The van der Waals surface area contributed by atoms with Crippen LogP contribution >= 0.6 is 0 Å².